The minimum atomic E-state index is 0.627. The van der Waals surface area contributed by atoms with Crippen molar-refractivity contribution in [1.29, 1.82) is 0 Å². The lowest BCUT2D eigenvalue weighted by molar-refractivity contribution is 0.318. The Morgan fingerprint density at radius 1 is 0.947 bits per heavy atom. The number of hydrogen-bond acceptors (Lipinski definition) is 2. The normalized spacial score (nSPS) is 10.2. The predicted octanol–water partition coefficient (Wildman–Crippen LogP) is 4.37. The van der Waals surface area contributed by atoms with E-state index in [1.54, 1.807) is 7.11 Å². The Balaban J connectivity index is 2.08. The second-order valence-corrected chi connectivity index (χ2v) is 4.53. The van der Waals surface area contributed by atoms with E-state index in [0.29, 0.717) is 12.5 Å². The maximum Gasteiger partial charge on any atom is 0.119 e. The number of ether oxygens (including phenoxy) is 2. The molecule has 0 fully saturated rings. The standard InChI is InChI=1S/C16H17ClO2/c1-18-16-5-2-4-14(12-16)13-6-8-15(9-7-13)19-11-3-10-17/h2,4-9,12H,3,10-11H2,1H3. The lowest BCUT2D eigenvalue weighted by atomic mass is 10.1. The highest BCUT2D eigenvalue weighted by Crippen LogP contribution is 2.25. The van der Waals surface area contributed by atoms with E-state index < -0.39 is 0 Å². The fourth-order valence-corrected chi connectivity index (χ4v) is 1.90. The quantitative estimate of drug-likeness (QED) is 0.576. The first-order valence-electron chi connectivity index (χ1n) is 6.27. The van der Waals surface area contributed by atoms with E-state index >= 15 is 0 Å². The summed E-state index contributed by atoms with van der Waals surface area (Å²) in [5, 5.41) is 0. The first kappa shape index (κ1) is 13.8. The highest BCUT2D eigenvalue weighted by atomic mass is 35.5. The van der Waals surface area contributed by atoms with Gasteiger partial charge in [-0.05, 0) is 41.8 Å². The van der Waals surface area contributed by atoms with Gasteiger partial charge in [0.1, 0.15) is 11.5 Å². The molecule has 19 heavy (non-hydrogen) atoms. The first-order chi connectivity index (χ1) is 9.33. The SMILES string of the molecule is COc1cccc(-c2ccc(OCCCCl)cc2)c1. The van der Waals surface area contributed by atoms with E-state index in [1.165, 1.54) is 0 Å². The third kappa shape index (κ3) is 3.90. The topological polar surface area (TPSA) is 18.5 Å². The molecule has 0 saturated carbocycles. The van der Waals surface area contributed by atoms with Crippen molar-refractivity contribution in [3.8, 4) is 22.6 Å². The number of rotatable bonds is 6. The molecule has 0 bridgehead atoms. The van der Waals surface area contributed by atoms with E-state index in [0.717, 1.165) is 29.0 Å². The summed E-state index contributed by atoms with van der Waals surface area (Å²) in [5.41, 5.74) is 2.27. The lowest BCUT2D eigenvalue weighted by Crippen LogP contribution is -1.97. The molecule has 100 valence electrons. The van der Waals surface area contributed by atoms with E-state index in [2.05, 4.69) is 6.07 Å². The number of methoxy groups -OCH3 is 1. The fourth-order valence-electron chi connectivity index (χ4n) is 1.79. The molecule has 0 unspecified atom stereocenters. The van der Waals surface area contributed by atoms with Gasteiger partial charge in [0.05, 0.1) is 13.7 Å². The van der Waals surface area contributed by atoms with Crippen molar-refractivity contribution in [1.82, 2.24) is 0 Å². The molecule has 0 radical (unpaired) electrons. The molecule has 0 saturated heterocycles. The van der Waals surface area contributed by atoms with Crippen LogP contribution in [0.25, 0.3) is 11.1 Å². The zero-order chi connectivity index (χ0) is 13.5. The molecule has 0 aliphatic carbocycles. The summed E-state index contributed by atoms with van der Waals surface area (Å²) in [5.74, 6) is 2.36. The van der Waals surface area contributed by atoms with Crippen molar-refractivity contribution < 1.29 is 9.47 Å². The van der Waals surface area contributed by atoms with Gasteiger partial charge in [0.25, 0.3) is 0 Å². The van der Waals surface area contributed by atoms with Crippen LogP contribution in [0.2, 0.25) is 0 Å². The molecule has 0 spiro atoms. The molecule has 0 aliphatic rings. The smallest absolute Gasteiger partial charge is 0.119 e. The molecular formula is C16H17ClO2. The Bertz CT molecular complexity index is 508. The van der Waals surface area contributed by atoms with Crippen molar-refractivity contribution in [2.45, 2.75) is 6.42 Å². The van der Waals surface area contributed by atoms with Crippen LogP contribution in [0.1, 0.15) is 6.42 Å². The van der Waals surface area contributed by atoms with Crippen LogP contribution in [0.5, 0.6) is 11.5 Å². The minimum Gasteiger partial charge on any atom is -0.497 e. The van der Waals surface area contributed by atoms with Crippen LogP contribution < -0.4 is 9.47 Å². The molecule has 2 aromatic carbocycles. The second-order valence-electron chi connectivity index (χ2n) is 4.15. The van der Waals surface area contributed by atoms with Gasteiger partial charge in [0.15, 0.2) is 0 Å². The summed E-state index contributed by atoms with van der Waals surface area (Å²) in [6, 6.07) is 16.0. The number of alkyl halides is 1. The van der Waals surface area contributed by atoms with Crippen LogP contribution in [0.15, 0.2) is 48.5 Å². The minimum absolute atomic E-state index is 0.627. The summed E-state index contributed by atoms with van der Waals surface area (Å²) in [7, 11) is 1.67. The van der Waals surface area contributed by atoms with Gasteiger partial charge in [0.2, 0.25) is 0 Å². The largest absolute Gasteiger partial charge is 0.497 e. The van der Waals surface area contributed by atoms with E-state index in [1.807, 2.05) is 42.5 Å². The van der Waals surface area contributed by atoms with Gasteiger partial charge in [-0.3, -0.25) is 0 Å². The Morgan fingerprint density at radius 2 is 1.74 bits per heavy atom. The molecule has 0 atom stereocenters. The molecule has 2 aromatic rings. The average Bonchev–Trinajstić information content (AvgIpc) is 2.48. The predicted molar refractivity (Wildman–Crippen MR) is 79.3 cm³/mol. The highest BCUT2D eigenvalue weighted by molar-refractivity contribution is 6.17. The van der Waals surface area contributed by atoms with Gasteiger partial charge >= 0.3 is 0 Å². The number of hydrogen-bond donors (Lipinski definition) is 0. The second kappa shape index (κ2) is 7.05. The first-order valence-corrected chi connectivity index (χ1v) is 6.80. The van der Waals surface area contributed by atoms with Gasteiger partial charge in [0, 0.05) is 5.88 Å². The Kier molecular flexibility index (Phi) is 5.10. The monoisotopic (exact) mass is 276 g/mol. The third-order valence-electron chi connectivity index (χ3n) is 2.80. The molecule has 0 aliphatic heterocycles. The van der Waals surface area contributed by atoms with Gasteiger partial charge in [-0.1, -0.05) is 24.3 Å². The molecule has 2 nitrogen and oxygen atoms in total. The molecule has 2 rings (SSSR count). The highest BCUT2D eigenvalue weighted by Gasteiger charge is 2.00. The maximum absolute atomic E-state index is 5.61. The van der Waals surface area contributed by atoms with Crippen molar-refractivity contribution in [3.05, 3.63) is 48.5 Å². The van der Waals surface area contributed by atoms with Crippen LogP contribution in [0.4, 0.5) is 0 Å². The van der Waals surface area contributed by atoms with Gasteiger partial charge in [-0.2, -0.15) is 0 Å². The van der Waals surface area contributed by atoms with Crippen LogP contribution in [0, 0.1) is 0 Å². The van der Waals surface area contributed by atoms with Crippen molar-refractivity contribution in [3.63, 3.8) is 0 Å². The summed E-state index contributed by atoms with van der Waals surface area (Å²) in [6.45, 7) is 0.655. The van der Waals surface area contributed by atoms with Crippen LogP contribution in [0.3, 0.4) is 0 Å². The summed E-state index contributed by atoms with van der Waals surface area (Å²) >= 11 is 5.61. The molecule has 3 heteroatoms. The van der Waals surface area contributed by atoms with E-state index in [-0.39, 0.29) is 0 Å². The van der Waals surface area contributed by atoms with Crippen molar-refractivity contribution in [2.24, 2.45) is 0 Å². The summed E-state index contributed by atoms with van der Waals surface area (Å²) < 4.78 is 10.8. The maximum atomic E-state index is 5.61. The summed E-state index contributed by atoms with van der Waals surface area (Å²) in [6.07, 6.45) is 0.860. The third-order valence-corrected chi connectivity index (χ3v) is 3.07. The van der Waals surface area contributed by atoms with Gasteiger partial charge in [-0.25, -0.2) is 0 Å². The van der Waals surface area contributed by atoms with Crippen molar-refractivity contribution in [2.75, 3.05) is 19.6 Å². The van der Waals surface area contributed by atoms with Crippen LogP contribution >= 0.6 is 11.6 Å². The Morgan fingerprint density at radius 3 is 2.42 bits per heavy atom. The lowest BCUT2D eigenvalue weighted by Gasteiger charge is -2.07. The Hall–Kier alpha value is -1.67. The molecular weight excluding hydrogens is 260 g/mol. The zero-order valence-electron chi connectivity index (χ0n) is 10.9. The van der Waals surface area contributed by atoms with E-state index in [9.17, 15) is 0 Å². The number of halogens is 1. The summed E-state index contributed by atoms with van der Waals surface area (Å²) in [4.78, 5) is 0. The number of benzene rings is 2. The van der Waals surface area contributed by atoms with Crippen LogP contribution in [-0.4, -0.2) is 19.6 Å². The van der Waals surface area contributed by atoms with Crippen LogP contribution in [-0.2, 0) is 0 Å². The molecule has 0 heterocycles. The van der Waals surface area contributed by atoms with Crippen molar-refractivity contribution >= 4 is 11.6 Å². The Labute approximate surface area is 118 Å². The fraction of sp³-hybridized carbons (Fsp3) is 0.250. The van der Waals surface area contributed by atoms with Gasteiger partial charge in [-0.15, -0.1) is 11.6 Å². The molecule has 0 aromatic heterocycles. The zero-order valence-corrected chi connectivity index (χ0v) is 11.7. The van der Waals surface area contributed by atoms with Gasteiger partial charge < -0.3 is 9.47 Å². The van der Waals surface area contributed by atoms with E-state index in [4.69, 9.17) is 21.1 Å². The molecule has 0 amide bonds. The average molecular weight is 277 g/mol. The molecule has 0 N–H and O–H groups in total.